The second-order valence-corrected chi connectivity index (χ2v) is 5.28. The fraction of sp³-hybridized carbons (Fsp3) is 0.333. The summed E-state index contributed by atoms with van der Waals surface area (Å²) in [6, 6.07) is 3.71. The van der Waals surface area contributed by atoms with Crippen molar-refractivity contribution in [2.75, 3.05) is 0 Å². The zero-order valence-corrected chi connectivity index (χ0v) is 11.2. The third kappa shape index (κ3) is 1.67. The summed E-state index contributed by atoms with van der Waals surface area (Å²) in [4.78, 5) is 23.5. The molecule has 0 aliphatic carbocycles. The van der Waals surface area contributed by atoms with Gasteiger partial charge in [0.2, 0.25) is 5.43 Å². The summed E-state index contributed by atoms with van der Waals surface area (Å²) in [7, 11) is 0. The summed E-state index contributed by atoms with van der Waals surface area (Å²) in [5.41, 5.74) is 8.14. The molecule has 1 aromatic carbocycles. The molecule has 1 aromatic heterocycles. The zero-order chi connectivity index (χ0) is 14.4. The minimum atomic E-state index is -1.18. The monoisotopic (exact) mass is 272 g/mol. The predicted molar refractivity (Wildman–Crippen MR) is 76.1 cm³/mol. The van der Waals surface area contributed by atoms with Gasteiger partial charge >= 0.3 is 5.97 Å². The number of aryl methyl sites for hydroxylation is 1. The first kappa shape index (κ1) is 12.9. The van der Waals surface area contributed by atoms with E-state index in [0.717, 1.165) is 29.5 Å². The molecule has 3 rings (SSSR count). The van der Waals surface area contributed by atoms with E-state index >= 15 is 0 Å². The second-order valence-electron chi connectivity index (χ2n) is 5.28. The van der Waals surface area contributed by atoms with Crippen LogP contribution in [0.15, 0.2) is 23.1 Å². The molecule has 0 radical (unpaired) electrons. The summed E-state index contributed by atoms with van der Waals surface area (Å²) in [6.07, 6.45) is 3.26. The van der Waals surface area contributed by atoms with Crippen molar-refractivity contribution in [1.82, 2.24) is 4.57 Å². The maximum Gasteiger partial charge on any atom is 0.341 e. The summed E-state index contributed by atoms with van der Waals surface area (Å²) in [5, 5.41) is 9.66. The van der Waals surface area contributed by atoms with Crippen molar-refractivity contribution in [3.63, 3.8) is 0 Å². The Morgan fingerprint density at radius 3 is 2.90 bits per heavy atom. The minimum Gasteiger partial charge on any atom is -0.477 e. The van der Waals surface area contributed by atoms with E-state index in [4.69, 9.17) is 5.73 Å². The summed E-state index contributed by atoms with van der Waals surface area (Å²) < 4.78 is 1.91. The van der Waals surface area contributed by atoms with Gasteiger partial charge in [0.1, 0.15) is 5.56 Å². The van der Waals surface area contributed by atoms with Crippen molar-refractivity contribution in [1.29, 1.82) is 0 Å². The van der Waals surface area contributed by atoms with Crippen molar-refractivity contribution < 1.29 is 9.90 Å². The smallest absolute Gasteiger partial charge is 0.341 e. The van der Waals surface area contributed by atoms with Gasteiger partial charge in [-0.2, -0.15) is 0 Å². The van der Waals surface area contributed by atoms with Gasteiger partial charge in [-0.05, 0) is 37.0 Å². The van der Waals surface area contributed by atoms with E-state index in [1.165, 1.54) is 6.20 Å². The van der Waals surface area contributed by atoms with E-state index in [0.29, 0.717) is 11.9 Å². The average molecular weight is 272 g/mol. The molecule has 2 aromatic rings. The zero-order valence-electron chi connectivity index (χ0n) is 11.2. The van der Waals surface area contributed by atoms with Gasteiger partial charge in [0.05, 0.1) is 5.52 Å². The highest BCUT2D eigenvalue weighted by Crippen LogP contribution is 2.31. The Balaban J connectivity index is 2.50. The van der Waals surface area contributed by atoms with Crippen molar-refractivity contribution in [3.05, 3.63) is 45.2 Å². The summed E-state index contributed by atoms with van der Waals surface area (Å²) in [6.45, 7) is 2.46. The topological polar surface area (TPSA) is 85.3 Å². The molecule has 0 spiro atoms. The molecule has 20 heavy (non-hydrogen) atoms. The van der Waals surface area contributed by atoms with Crippen LogP contribution in [0.25, 0.3) is 10.9 Å². The Morgan fingerprint density at radius 1 is 1.50 bits per heavy atom. The fourth-order valence-electron chi connectivity index (χ4n) is 3.03. The van der Waals surface area contributed by atoms with E-state index in [1.807, 2.05) is 17.6 Å². The van der Waals surface area contributed by atoms with Crippen molar-refractivity contribution in [2.24, 2.45) is 5.73 Å². The molecule has 0 fully saturated rings. The van der Waals surface area contributed by atoms with Crippen LogP contribution in [0.5, 0.6) is 0 Å². The number of aromatic nitrogens is 1. The molecule has 0 bridgehead atoms. The van der Waals surface area contributed by atoms with Crippen LogP contribution in [0.1, 0.15) is 40.9 Å². The van der Waals surface area contributed by atoms with Crippen LogP contribution in [-0.2, 0) is 13.0 Å². The molecule has 1 unspecified atom stereocenters. The number of carboxylic acid groups (broad SMARTS) is 1. The van der Waals surface area contributed by atoms with Crippen LogP contribution in [0.3, 0.4) is 0 Å². The van der Waals surface area contributed by atoms with Gasteiger partial charge in [0, 0.05) is 24.2 Å². The van der Waals surface area contributed by atoms with Crippen LogP contribution >= 0.6 is 0 Å². The molecule has 1 aliphatic heterocycles. The Labute approximate surface area is 115 Å². The second kappa shape index (κ2) is 4.45. The number of nitrogens with zero attached hydrogens (tertiary/aromatic N) is 1. The Morgan fingerprint density at radius 2 is 2.25 bits per heavy atom. The third-order valence-electron chi connectivity index (χ3n) is 4.13. The number of nitrogens with two attached hydrogens (primary N) is 1. The Bertz CT molecular complexity index is 777. The van der Waals surface area contributed by atoms with E-state index in [1.54, 1.807) is 6.07 Å². The number of hydrogen-bond acceptors (Lipinski definition) is 3. The number of carboxylic acids is 1. The Kier molecular flexibility index (Phi) is 2.87. The molecule has 5 heteroatoms. The standard InChI is InChI=1S/C15H16N2O3/c1-8-2-4-10-9(6-16)3-5-11-13(10)17(8)7-12(14(11)18)15(19)20/h3,5,7-8H,2,4,6,16H2,1H3,(H,19,20). The van der Waals surface area contributed by atoms with Crippen molar-refractivity contribution in [2.45, 2.75) is 32.4 Å². The molecule has 0 saturated carbocycles. The highest BCUT2D eigenvalue weighted by atomic mass is 16.4. The molecule has 3 N–H and O–H groups in total. The fourth-order valence-corrected chi connectivity index (χ4v) is 3.03. The lowest BCUT2D eigenvalue weighted by Crippen LogP contribution is -2.24. The lowest BCUT2D eigenvalue weighted by Gasteiger charge is -2.27. The van der Waals surface area contributed by atoms with Crippen LogP contribution in [0.4, 0.5) is 0 Å². The molecule has 1 atom stereocenters. The SMILES string of the molecule is CC1CCc2c(CN)ccc3c(=O)c(C(=O)O)cn1c23. The molecule has 104 valence electrons. The van der Waals surface area contributed by atoms with Gasteiger partial charge in [-0.15, -0.1) is 0 Å². The average Bonchev–Trinajstić information content (AvgIpc) is 2.43. The number of benzene rings is 1. The van der Waals surface area contributed by atoms with Gasteiger partial charge in [0.15, 0.2) is 0 Å². The first-order valence-corrected chi connectivity index (χ1v) is 6.67. The van der Waals surface area contributed by atoms with Crippen molar-refractivity contribution >= 4 is 16.9 Å². The molecular formula is C15H16N2O3. The maximum absolute atomic E-state index is 12.3. The summed E-state index contributed by atoms with van der Waals surface area (Å²) >= 11 is 0. The van der Waals surface area contributed by atoms with Gasteiger partial charge < -0.3 is 15.4 Å². The van der Waals surface area contributed by atoms with E-state index in [9.17, 15) is 14.7 Å². The molecule has 0 saturated heterocycles. The van der Waals surface area contributed by atoms with E-state index in [2.05, 4.69) is 0 Å². The van der Waals surface area contributed by atoms with E-state index in [-0.39, 0.29) is 11.6 Å². The molecular weight excluding hydrogens is 256 g/mol. The summed E-state index contributed by atoms with van der Waals surface area (Å²) in [5.74, 6) is -1.18. The maximum atomic E-state index is 12.3. The van der Waals surface area contributed by atoms with Crippen LogP contribution < -0.4 is 11.2 Å². The minimum absolute atomic E-state index is 0.169. The highest BCUT2D eigenvalue weighted by Gasteiger charge is 2.23. The Hall–Kier alpha value is -2.14. The van der Waals surface area contributed by atoms with Crippen LogP contribution in [0, 0.1) is 0 Å². The molecule has 1 aliphatic rings. The normalized spacial score (nSPS) is 17.4. The number of carbonyl (C=O) groups is 1. The number of aromatic carboxylic acids is 1. The lowest BCUT2D eigenvalue weighted by atomic mass is 9.92. The van der Waals surface area contributed by atoms with Gasteiger partial charge in [-0.3, -0.25) is 4.79 Å². The predicted octanol–water partition coefficient (Wildman–Crippen LogP) is 1.67. The molecule has 2 heterocycles. The van der Waals surface area contributed by atoms with Gasteiger partial charge in [0.25, 0.3) is 0 Å². The van der Waals surface area contributed by atoms with E-state index < -0.39 is 11.4 Å². The van der Waals surface area contributed by atoms with Crippen molar-refractivity contribution in [3.8, 4) is 0 Å². The first-order chi connectivity index (χ1) is 9.54. The molecule has 0 amide bonds. The molecule has 5 nitrogen and oxygen atoms in total. The lowest BCUT2D eigenvalue weighted by molar-refractivity contribution is 0.0694. The number of rotatable bonds is 2. The first-order valence-electron chi connectivity index (χ1n) is 6.67. The quantitative estimate of drug-likeness (QED) is 0.870. The number of hydrogen-bond donors (Lipinski definition) is 2. The highest BCUT2D eigenvalue weighted by molar-refractivity contribution is 5.94. The van der Waals surface area contributed by atoms with Crippen LogP contribution in [0.2, 0.25) is 0 Å². The number of pyridine rings is 1. The largest absolute Gasteiger partial charge is 0.477 e. The van der Waals surface area contributed by atoms with Crippen LogP contribution in [-0.4, -0.2) is 15.6 Å². The van der Waals surface area contributed by atoms with Gasteiger partial charge in [-0.1, -0.05) is 6.07 Å². The van der Waals surface area contributed by atoms with Gasteiger partial charge in [-0.25, -0.2) is 4.79 Å². The third-order valence-corrected chi connectivity index (χ3v) is 4.13.